The lowest BCUT2D eigenvalue weighted by Crippen LogP contribution is -2.61. The number of hydrogen-bond acceptors (Lipinski definition) is 6. The molecule has 3 aliphatic rings. The number of nitrogens with one attached hydrogen (secondary N) is 1. The molecule has 200 valence electrons. The second kappa shape index (κ2) is 10.8. The van der Waals surface area contributed by atoms with Gasteiger partial charge in [0.05, 0.1) is 43.5 Å². The van der Waals surface area contributed by atoms with Gasteiger partial charge in [0, 0.05) is 51.5 Å². The topological polar surface area (TPSA) is 57.3 Å². The summed E-state index contributed by atoms with van der Waals surface area (Å²) in [5, 5.41) is 3.07. The van der Waals surface area contributed by atoms with Gasteiger partial charge in [-0.25, -0.2) is 0 Å². The number of nitrogens with zero attached hydrogens (tertiary/aromatic N) is 3. The van der Waals surface area contributed by atoms with Crippen LogP contribution in [0.4, 0.5) is 24.5 Å². The van der Waals surface area contributed by atoms with Gasteiger partial charge in [-0.1, -0.05) is 12.1 Å². The first-order valence-electron chi connectivity index (χ1n) is 12.8. The van der Waals surface area contributed by atoms with Gasteiger partial charge < -0.3 is 24.6 Å². The molecule has 1 amide bonds. The number of hydrogen-bond donors (Lipinski definition) is 1. The van der Waals surface area contributed by atoms with Crippen molar-refractivity contribution in [3.8, 4) is 5.75 Å². The van der Waals surface area contributed by atoms with Gasteiger partial charge in [-0.2, -0.15) is 13.2 Å². The van der Waals surface area contributed by atoms with Crippen molar-refractivity contribution in [1.29, 1.82) is 0 Å². The summed E-state index contributed by atoms with van der Waals surface area (Å²) in [6.45, 7) is 6.08. The summed E-state index contributed by atoms with van der Waals surface area (Å²) in [4.78, 5) is 20.1. The first-order valence-corrected chi connectivity index (χ1v) is 12.8. The van der Waals surface area contributed by atoms with Gasteiger partial charge >= 0.3 is 6.18 Å². The lowest BCUT2D eigenvalue weighted by molar-refractivity contribution is -0.137. The zero-order valence-corrected chi connectivity index (χ0v) is 21.0. The summed E-state index contributed by atoms with van der Waals surface area (Å²) < 4.78 is 51.4. The van der Waals surface area contributed by atoms with Gasteiger partial charge in [0.15, 0.2) is 0 Å². The molecule has 0 spiro atoms. The van der Waals surface area contributed by atoms with Crippen LogP contribution in [0, 0.1) is 5.92 Å². The van der Waals surface area contributed by atoms with E-state index in [0.29, 0.717) is 45.0 Å². The van der Waals surface area contributed by atoms with E-state index in [0.717, 1.165) is 42.8 Å². The normalized spacial score (nSPS) is 22.3. The van der Waals surface area contributed by atoms with Gasteiger partial charge in [0.1, 0.15) is 5.75 Å². The number of morpholine rings is 1. The number of methoxy groups -OCH3 is 1. The number of carbonyl (C=O) groups is 1. The highest BCUT2D eigenvalue weighted by Crippen LogP contribution is 2.41. The van der Waals surface area contributed by atoms with Crippen molar-refractivity contribution in [2.45, 2.75) is 18.6 Å². The molecule has 2 saturated heterocycles. The maximum absolute atomic E-state index is 13.5. The Morgan fingerprint density at radius 3 is 2.62 bits per heavy atom. The number of para-hydroxylation sites is 2. The molecule has 2 atom stereocenters. The number of piperazine rings is 1. The summed E-state index contributed by atoms with van der Waals surface area (Å²) in [5.41, 5.74) is 1.64. The minimum atomic E-state index is -4.43. The van der Waals surface area contributed by atoms with E-state index >= 15 is 0 Å². The third-order valence-electron chi connectivity index (χ3n) is 7.63. The Balaban J connectivity index is 1.39. The summed E-state index contributed by atoms with van der Waals surface area (Å²) in [7, 11) is 1.63. The summed E-state index contributed by atoms with van der Waals surface area (Å²) in [5.74, 6) is 0.167. The minimum Gasteiger partial charge on any atom is -0.495 e. The van der Waals surface area contributed by atoms with Crippen LogP contribution in [0.15, 0.2) is 42.5 Å². The van der Waals surface area contributed by atoms with Crippen molar-refractivity contribution < 1.29 is 27.4 Å². The molecule has 2 aromatic rings. The summed E-state index contributed by atoms with van der Waals surface area (Å²) in [6.07, 6.45) is -4.16. The van der Waals surface area contributed by atoms with Gasteiger partial charge in [-0.3, -0.25) is 9.69 Å². The van der Waals surface area contributed by atoms with Crippen molar-refractivity contribution in [2.75, 3.05) is 75.9 Å². The van der Waals surface area contributed by atoms with E-state index in [4.69, 9.17) is 9.47 Å². The van der Waals surface area contributed by atoms with Crippen LogP contribution in [0.5, 0.6) is 5.75 Å². The van der Waals surface area contributed by atoms with Crippen LogP contribution in [0.1, 0.15) is 11.1 Å². The smallest absolute Gasteiger partial charge is 0.416 e. The number of fused-ring (bicyclic) bond motifs is 3. The predicted octanol–water partition coefficient (Wildman–Crippen LogP) is 3.03. The average molecular weight is 519 g/mol. The number of ether oxygens (including phenoxy) is 2. The Morgan fingerprint density at radius 2 is 1.86 bits per heavy atom. The highest BCUT2D eigenvalue weighted by atomic mass is 19.4. The molecule has 0 radical (unpaired) electrons. The van der Waals surface area contributed by atoms with Crippen LogP contribution in [-0.2, 0) is 22.1 Å². The zero-order chi connectivity index (χ0) is 26.0. The molecule has 0 aliphatic carbocycles. The molecule has 0 saturated carbocycles. The molecule has 0 aromatic heterocycles. The highest BCUT2D eigenvalue weighted by Gasteiger charge is 2.43. The Hall–Kier alpha value is -2.98. The molecular formula is C27H33F3N4O3. The van der Waals surface area contributed by atoms with E-state index in [9.17, 15) is 18.0 Å². The SMILES string of the molecule is COc1ccccc1N1CCN2c3ccc(C(F)(F)F)cc3C[C@@H](C(=O)NCCN3CCOCC3)[C@H]2C1. The number of carbonyl (C=O) groups excluding carboxylic acids is 1. The number of anilines is 2. The highest BCUT2D eigenvalue weighted by molar-refractivity contribution is 5.82. The van der Waals surface area contributed by atoms with Crippen molar-refractivity contribution in [2.24, 2.45) is 5.92 Å². The Labute approximate surface area is 215 Å². The van der Waals surface area contributed by atoms with Gasteiger partial charge in [0.2, 0.25) is 5.91 Å². The first kappa shape index (κ1) is 25.7. The fourth-order valence-electron chi connectivity index (χ4n) is 5.70. The molecule has 0 bridgehead atoms. The van der Waals surface area contributed by atoms with Crippen molar-refractivity contribution in [3.05, 3.63) is 53.6 Å². The molecule has 2 aromatic carbocycles. The molecule has 37 heavy (non-hydrogen) atoms. The lowest BCUT2D eigenvalue weighted by atomic mass is 9.82. The van der Waals surface area contributed by atoms with E-state index in [1.165, 1.54) is 6.07 Å². The molecule has 2 fully saturated rings. The number of alkyl halides is 3. The molecule has 3 aliphatic heterocycles. The molecule has 7 nitrogen and oxygen atoms in total. The van der Waals surface area contributed by atoms with Crippen LogP contribution in [0.2, 0.25) is 0 Å². The lowest BCUT2D eigenvalue weighted by Gasteiger charge is -2.50. The maximum Gasteiger partial charge on any atom is 0.416 e. The fraction of sp³-hybridized carbons (Fsp3) is 0.519. The van der Waals surface area contributed by atoms with Crippen molar-refractivity contribution >= 4 is 17.3 Å². The monoisotopic (exact) mass is 518 g/mol. The Morgan fingerprint density at radius 1 is 1.08 bits per heavy atom. The van der Waals surface area contributed by atoms with Gasteiger partial charge in [-0.05, 0) is 42.3 Å². The largest absolute Gasteiger partial charge is 0.495 e. The Kier molecular flexibility index (Phi) is 7.48. The average Bonchev–Trinajstić information content (AvgIpc) is 2.92. The van der Waals surface area contributed by atoms with Crippen LogP contribution in [-0.4, -0.2) is 83.0 Å². The standard InChI is InChI=1S/C27H33F3N4O3/c1-36-25-5-3-2-4-23(25)33-10-11-34-22-7-6-20(27(28,29)30)16-19(22)17-21(24(34)18-33)26(35)31-8-9-32-12-14-37-15-13-32/h2-7,16,21,24H,8-15,17-18H2,1H3,(H,31,35)/t21-,24-/m1/s1. The number of halogens is 3. The quantitative estimate of drug-likeness (QED) is 0.635. The van der Waals surface area contributed by atoms with Crippen LogP contribution < -0.4 is 19.9 Å². The number of benzene rings is 2. The number of amides is 1. The summed E-state index contributed by atoms with van der Waals surface area (Å²) in [6, 6.07) is 11.5. The molecule has 0 unspecified atom stereocenters. The predicted molar refractivity (Wildman–Crippen MR) is 135 cm³/mol. The van der Waals surface area contributed by atoms with E-state index in [1.54, 1.807) is 13.2 Å². The third kappa shape index (κ3) is 5.50. The van der Waals surface area contributed by atoms with E-state index in [1.807, 2.05) is 24.3 Å². The molecular weight excluding hydrogens is 485 g/mol. The van der Waals surface area contributed by atoms with Gasteiger partial charge in [0.25, 0.3) is 0 Å². The second-order valence-electron chi connectivity index (χ2n) is 9.78. The molecule has 5 rings (SSSR count). The number of rotatable bonds is 6. The van der Waals surface area contributed by atoms with E-state index in [-0.39, 0.29) is 18.4 Å². The van der Waals surface area contributed by atoms with Crippen LogP contribution in [0.25, 0.3) is 0 Å². The molecule has 3 heterocycles. The minimum absolute atomic E-state index is 0.117. The third-order valence-corrected chi connectivity index (χ3v) is 7.63. The summed E-state index contributed by atoms with van der Waals surface area (Å²) >= 11 is 0. The van der Waals surface area contributed by atoms with Crippen LogP contribution >= 0.6 is 0 Å². The first-order chi connectivity index (χ1) is 17.8. The van der Waals surface area contributed by atoms with E-state index < -0.39 is 17.7 Å². The fourth-order valence-corrected chi connectivity index (χ4v) is 5.70. The zero-order valence-electron chi connectivity index (χ0n) is 21.0. The maximum atomic E-state index is 13.5. The van der Waals surface area contributed by atoms with Crippen LogP contribution in [0.3, 0.4) is 0 Å². The molecule has 1 N–H and O–H groups in total. The molecule has 10 heteroatoms. The van der Waals surface area contributed by atoms with Gasteiger partial charge in [-0.15, -0.1) is 0 Å². The second-order valence-corrected chi connectivity index (χ2v) is 9.78. The van der Waals surface area contributed by atoms with Crippen molar-refractivity contribution in [1.82, 2.24) is 10.2 Å². The van der Waals surface area contributed by atoms with E-state index in [2.05, 4.69) is 20.0 Å². The Bertz CT molecular complexity index is 1110. The van der Waals surface area contributed by atoms with Crippen molar-refractivity contribution in [3.63, 3.8) is 0 Å².